The number of amides is 1. The predicted molar refractivity (Wildman–Crippen MR) is 137 cm³/mol. The second kappa shape index (κ2) is 9.95. The molecule has 0 spiro atoms. The van der Waals surface area contributed by atoms with Crippen molar-refractivity contribution in [3.8, 4) is 5.75 Å². The van der Waals surface area contributed by atoms with Gasteiger partial charge in [-0.1, -0.05) is 71.7 Å². The lowest BCUT2D eigenvalue weighted by Crippen LogP contribution is -2.59. The molecule has 2 atom stereocenters. The van der Waals surface area contributed by atoms with Crippen LogP contribution in [0, 0.1) is 12.8 Å². The highest BCUT2D eigenvalue weighted by Crippen LogP contribution is 2.52. The van der Waals surface area contributed by atoms with Crippen molar-refractivity contribution in [3.63, 3.8) is 0 Å². The van der Waals surface area contributed by atoms with Crippen LogP contribution in [0.1, 0.15) is 41.8 Å². The Labute approximate surface area is 211 Å². The van der Waals surface area contributed by atoms with Crippen molar-refractivity contribution in [2.24, 2.45) is 11.7 Å². The number of primary amides is 1. The van der Waals surface area contributed by atoms with Crippen LogP contribution in [0.25, 0.3) is 0 Å². The highest BCUT2D eigenvalue weighted by atomic mass is 79.9. The molecule has 1 aliphatic carbocycles. The number of aryl methyl sites for hydroxylation is 1. The number of alkyl halides is 1. The molecular formula is C26H27Br2NO4. The van der Waals surface area contributed by atoms with E-state index in [0.717, 1.165) is 11.1 Å². The Morgan fingerprint density at radius 1 is 1.12 bits per heavy atom. The van der Waals surface area contributed by atoms with E-state index in [2.05, 4.69) is 31.9 Å². The van der Waals surface area contributed by atoms with Crippen LogP contribution < -0.4 is 10.5 Å². The molecule has 1 amide bonds. The third-order valence-corrected chi connectivity index (χ3v) is 8.12. The van der Waals surface area contributed by atoms with Gasteiger partial charge < -0.3 is 15.2 Å². The van der Waals surface area contributed by atoms with Gasteiger partial charge in [0.2, 0.25) is 5.91 Å². The van der Waals surface area contributed by atoms with E-state index in [1.807, 2.05) is 51.1 Å². The molecule has 0 aromatic heterocycles. The molecule has 0 bridgehead atoms. The molecule has 174 valence electrons. The Morgan fingerprint density at radius 3 is 2.42 bits per heavy atom. The van der Waals surface area contributed by atoms with Gasteiger partial charge in [-0.15, -0.1) is 0 Å². The summed E-state index contributed by atoms with van der Waals surface area (Å²) in [5.74, 6) is -1.57. The highest BCUT2D eigenvalue weighted by molar-refractivity contribution is 9.12. The molecule has 0 radical (unpaired) electrons. The molecule has 2 aromatic carbocycles. The van der Waals surface area contributed by atoms with E-state index in [1.165, 1.54) is 0 Å². The van der Waals surface area contributed by atoms with Crippen LogP contribution in [0.4, 0.5) is 0 Å². The van der Waals surface area contributed by atoms with Crippen LogP contribution in [0.2, 0.25) is 0 Å². The molecule has 0 aliphatic heterocycles. The zero-order chi connectivity index (χ0) is 24.4. The Morgan fingerprint density at radius 2 is 1.82 bits per heavy atom. The maximum Gasteiger partial charge on any atom is 0.262 e. The van der Waals surface area contributed by atoms with Crippen LogP contribution >= 0.6 is 31.9 Å². The molecule has 5 nitrogen and oxygen atoms in total. The van der Waals surface area contributed by atoms with Gasteiger partial charge in [-0.2, -0.15) is 0 Å². The van der Waals surface area contributed by atoms with Crippen molar-refractivity contribution in [2.45, 2.75) is 37.3 Å². The SMILES string of the molecule is COC1(Oc2ccccc2C(=O)c2cccc(C)c2)C(Br)=CC(CC(N)=O)=CC1(Br)C(C)C. The number of nitrogens with two attached hydrogens (primary N) is 1. The Balaban J connectivity index is 2.11. The van der Waals surface area contributed by atoms with Crippen molar-refractivity contribution in [3.05, 3.63) is 87.4 Å². The fourth-order valence-corrected chi connectivity index (χ4v) is 5.84. The van der Waals surface area contributed by atoms with Crippen molar-refractivity contribution >= 4 is 43.6 Å². The molecule has 2 N–H and O–H groups in total. The van der Waals surface area contributed by atoms with Crippen molar-refractivity contribution in [1.82, 2.24) is 0 Å². The summed E-state index contributed by atoms with van der Waals surface area (Å²) in [6.45, 7) is 5.97. The molecule has 2 unspecified atom stereocenters. The number of para-hydroxylation sites is 1. The Bertz CT molecular complexity index is 1140. The van der Waals surface area contributed by atoms with Gasteiger partial charge in [0.1, 0.15) is 10.1 Å². The fraction of sp³-hybridized carbons (Fsp3) is 0.308. The predicted octanol–water partition coefficient (Wildman–Crippen LogP) is 5.83. The first-order chi connectivity index (χ1) is 15.5. The number of halogens is 2. The molecule has 0 heterocycles. The first-order valence-electron chi connectivity index (χ1n) is 10.5. The summed E-state index contributed by atoms with van der Waals surface area (Å²) in [7, 11) is 1.55. The minimum absolute atomic E-state index is 0.0267. The summed E-state index contributed by atoms with van der Waals surface area (Å²) in [5, 5.41) is 0. The van der Waals surface area contributed by atoms with Crippen LogP contribution in [0.3, 0.4) is 0 Å². The number of carbonyl (C=O) groups is 2. The molecule has 3 rings (SSSR count). The van der Waals surface area contributed by atoms with E-state index in [9.17, 15) is 9.59 Å². The zero-order valence-electron chi connectivity index (χ0n) is 19.0. The average Bonchev–Trinajstić information content (AvgIpc) is 2.75. The highest BCUT2D eigenvalue weighted by Gasteiger charge is 2.58. The van der Waals surface area contributed by atoms with Gasteiger partial charge in [-0.25, -0.2) is 0 Å². The Hall–Kier alpha value is -2.22. The van der Waals surface area contributed by atoms with E-state index < -0.39 is 16.0 Å². The molecule has 7 heteroatoms. The van der Waals surface area contributed by atoms with E-state index in [4.69, 9.17) is 15.2 Å². The molecule has 0 saturated carbocycles. The average molecular weight is 577 g/mol. The lowest BCUT2D eigenvalue weighted by Gasteiger charge is -2.48. The van der Waals surface area contributed by atoms with Gasteiger partial charge in [-0.3, -0.25) is 9.59 Å². The van der Waals surface area contributed by atoms with Crippen molar-refractivity contribution in [2.75, 3.05) is 7.11 Å². The number of benzene rings is 2. The first kappa shape index (κ1) is 25.4. The minimum atomic E-state index is -1.34. The van der Waals surface area contributed by atoms with Gasteiger partial charge in [0.15, 0.2) is 5.78 Å². The molecular weight excluding hydrogens is 550 g/mol. The molecule has 0 fully saturated rings. The zero-order valence-corrected chi connectivity index (χ0v) is 22.2. The number of allylic oxidation sites excluding steroid dienone is 1. The maximum absolute atomic E-state index is 13.4. The lowest BCUT2D eigenvalue weighted by molar-refractivity contribution is -0.150. The summed E-state index contributed by atoms with van der Waals surface area (Å²) in [5.41, 5.74) is 8.17. The van der Waals surface area contributed by atoms with E-state index in [1.54, 1.807) is 37.5 Å². The van der Waals surface area contributed by atoms with Crippen LogP contribution in [-0.2, 0) is 9.53 Å². The molecule has 1 aliphatic rings. The van der Waals surface area contributed by atoms with Crippen molar-refractivity contribution in [1.29, 1.82) is 0 Å². The largest absolute Gasteiger partial charge is 0.455 e. The molecule has 33 heavy (non-hydrogen) atoms. The number of ketones is 1. The quantitative estimate of drug-likeness (QED) is 0.243. The van der Waals surface area contributed by atoms with Gasteiger partial charge in [0.05, 0.1) is 16.5 Å². The second-order valence-corrected chi connectivity index (χ2v) is 10.6. The van der Waals surface area contributed by atoms with Crippen LogP contribution in [0.5, 0.6) is 5.75 Å². The van der Waals surface area contributed by atoms with E-state index in [-0.39, 0.29) is 18.1 Å². The summed E-state index contributed by atoms with van der Waals surface area (Å²) in [4.78, 5) is 25.0. The summed E-state index contributed by atoms with van der Waals surface area (Å²) in [6, 6.07) is 14.5. The second-order valence-electron chi connectivity index (χ2n) is 8.39. The maximum atomic E-state index is 13.4. The van der Waals surface area contributed by atoms with Gasteiger partial charge >= 0.3 is 0 Å². The summed E-state index contributed by atoms with van der Waals surface area (Å²) >= 11 is 7.48. The third kappa shape index (κ3) is 4.86. The van der Waals surface area contributed by atoms with Crippen molar-refractivity contribution < 1.29 is 19.1 Å². The van der Waals surface area contributed by atoms with Crippen LogP contribution in [-0.4, -0.2) is 28.9 Å². The standard InChI is InChI=1S/C26H27Br2NO4/c1-16(2)25(28)15-18(14-23(29)30)13-22(27)26(25,32-4)33-21-11-6-5-10-20(21)24(31)19-9-7-8-17(3)12-19/h5-13,15-16H,14H2,1-4H3,(H2,29,30). The monoisotopic (exact) mass is 575 g/mol. The Kier molecular flexibility index (Phi) is 7.66. The number of methoxy groups -OCH3 is 1. The number of hydrogen-bond acceptors (Lipinski definition) is 4. The smallest absolute Gasteiger partial charge is 0.262 e. The van der Waals surface area contributed by atoms with E-state index >= 15 is 0 Å². The number of hydrogen-bond donors (Lipinski definition) is 1. The van der Waals surface area contributed by atoms with Gasteiger partial charge in [0.25, 0.3) is 5.79 Å². The molecule has 2 aromatic rings. The fourth-order valence-electron chi connectivity index (χ4n) is 3.96. The van der Waals surface area contributed by atoms with Gasteiger partial charge in [0, 0.05) is 12.7 Å². The summed E-state index contributed by atoms with van der Waals surface area (Å²) < 4.78 is 12.3. The number of rotatable bonds is 8. The first-order valence-corrected chi connectivity index (χ1v) is 12.1. The van der Waals surface area contributed by atoms with Crippen LogP contribution in [0.15, 0.2) is 70.7 Å². The topological polar surface area (TPSA) is 78.6 Å². The number of ether oxygens (including phenoxy) is 2. The van der Waals surface area contributed by atoms with E-state index in [0.29, 0.717) is 21.4 Å². The molecule has 0 saturated heterocycles. The normalized spacial score (nSPS) is 22.5. The third-order valence-electron chi connectivity index (χ3n) is 5.70. The van der Waals surface area contributed by atoms with Gasteiger partial charge in [-0.05, 0) is 58.6 Å². The number of carbonyl (C=O) groups excluding carboxylic acids is 2. The summed E-state index contributed by atoms with van der Waals surface area (Å²) in [6.07, 6.45) is 3.76. The lowest BCUT2D eigenvalue weighted by atomic mass is 9.80. The minimum Gasteiger partial charge on any atom is -0.455 e.